The van der Waals surface area contributed by atoms with E-state index in [0.717, 1.165) is 12.7 Å². The van der Waals surface area contributed by atoms with Gasteiger partial charge in [0.2, 0.25) is 0 Å². The van der Waals surface area contributed by atoms with E-state index in [1.807, 2.05) is 6.92 Å². The van der Waals surface area contributed by atoms with Crippen molar-refractivity contribution in [2.75, 3.05) is 0 Å². The van der Waals surface area contributed by atoms with Gasteiger partial charge >= 0.3 is 0 Å². The predicted molar refractivity (Wildman–Crippen MR) is 63.8 cm³/mol. The Morgan fingerprint density at radius 2 is 1.75 bits per heavy atom. The van der Waals surface area contributed by atoms with E-state index < -0.39 is 11.1 Å². The molecule has 0 heterocycles. The first-order valence-corrected chi connectivity index (χ1v) is 6.30. The summed E-state index contributed by atoms with van der Waals surface area (Å²) in [6, 6.07) is 3.34. The summed E-state index contributed by atoms with van der Waals surface area (Å²) in [4.78, 5) is 0.356. The van der Waals surface area contributed by atoms with E-state index >= 15 is 0 Å². The normalized spacial score (nSPS) is 13.0. The molecule has 0 aliphatic carbocycles. The average Bonchev–Trinajstić information content (AvgIpc) is 1.99. The Balaban J connectivity index is 3.31. The van der Waals surface area contributed by atoms with Crippen LogP contribution in [-0.2, 0) is 11.1 Å². The van der Waals surface area contributed by atoms with E-state index in [4.69, 9.17) is 0 Å². The van der Waals surface area contributed by atoms with Crippen LogP contribution in [0, 0.1) is 14.1 Å². The lowest BCUT2D eigenvalue weighted by molar-refractivity contribution is 0.537. The van der Waals surface area contributed by atoms with Crippen molar-refractivity contribution in [3.63, 3.8) is 0 Å². The molecule has 0 aliphatic heterocycles. The Morgan fingerprint density at radius 1 is 1.33 bits per heavy atom. The Hall–Kier alpha value is 0.790. The molecule has 0 aliphatic rings. The molecular formula is C7H5I2O2S-. The minimum atomic E-state index is -2.12. The molecule has 0 bridgehead atoms. The van der Waals surface area contributed by atoms with Crippen LogP contribution in [0.5, 0.6) is 0 Å². The highest BCUT2D eigenvalue weighted by Gasteiger charge is 2.02. The summed E-state index contributed by atoms with van der Waals surface area (Å²) in [6.45, 7) is 1.97. The van der Waals surface area contributed by atoms with Crippen molar-refractivity contribution in [1.82, 2.24) is 0 Å². The van der Waals surface area contributed by atoms with Gasteiger partial charge in [-0.25, -0.2) is 0 Å². The maximum absolute atomic E-state index is 10.6. The van der Waals surface area contributed by atoms with Crippen LogP contribution in [-0.4, -0.2) is 8.76 Å². The van der Waals surface area contributed by atoms with Crippen LogP contribution in [0.25, 0.3) is 0 Å². The molecule has 66 valence electrons. The number of rotatable bonds is 1. The van der Waals surface area contributed by atoms with Gasteiger partial charge in [-0.2, -0.15) is 0 Å². The molecule has 1 atom stereocenters. The molecule has 0 radical (unpaired) electrons. The summed E-state index contributed by atoms with van der Waals surface area (Å²) in [6.07, 6.45) is 0. The summed E-state index contributed by atoms with van der Waals surface area (Å²) in [5, 5.41) is 0. The molecule has 2 nitrogen and oxygen atoms in total. The largest absolute Gasteiger partial charge is 0.768 e. The minimum absolute atomic E-state index is 0.356. The first-order chi connectivity index (χ1) is 5.52. The van der Waals surface area contributed by atoms with Crippen LogP contribution in [0.15, 0.2) is 17.0 Å². The van der Waals surface area contributed by atoms with Gasteiger partial charge in [0, 0.05) is 12.0 Å². The van der Waals surface area contributed by atoms with Crippen molar-refractivity contribution >= 4 is 56.3 Å². The third-order valence-corrected chi connectivity index (χ3v) is 4.31. The fraction of sp³-hybridized carbons (Fsp3) is 0.143. The average molecular weight is 407 g/mol. The zero-order valence-corrected chi connectivity index (χ0v) is 11.3. The molecule has 5 heteroatoms. The van der Waals surface area contributed by atoms with Crippen molar-refractivity contribution in [1.29, 1.82) is 0 Å². The number of hydrogen-bond acceptors (Lipinski definition) is 2. The summed E-state index contributed by atoms with van der Waals surface area (Å²) >= 11 is 2.14. The molecule has 0 amide bonds. The highest BCUT2D eigenvalue weighted by atomic mass is 127. The van der Waals surface area contributed by atoms with Crippen LogP contribution in [0.3, 0.4) is 0 Å². The summed E-state index contributed by atoms with van der Waals surface area (Å²) in [5.74, 6) is 0. The Kier molecular flexibility index (Phi) is 3.93. The predicted octanol–water partition coefficient (Wildman–Crippen LogP) is 2.44. The standard InChI is InChI=1S/C7H6I2O2S/c1-4-6(8)2-5(12(10)11)3-7(4)9/h2-3H,1H3,(H,10,11)/p-1. The second-order valence-electron chi connectivity index (χ2n) is 2.25. The number of hydrogen-bond donors (Lipinski definition) is 0. The second kappa shape index (κ2) is 4.34. The molecule has 1 aromatic carbocycles. The van der Waals surface area contributed by atoms with Crippen molar-refractivity contribution in [3.8, 4) is 0 Å². The molecule has 0 fully saturated rings. The fourth-order valence-electron chi connectivity index (χ4n) is 0.718. The minimum Gasteiger partial charge on any atom is -0.768 e. The quantitative estimate of drug-likeness (QED) is 0.531. The smallest absolute Gasteiger partial charge is 0.0269 e. The molecule has 0 saturated heterocycles. The SMILES string of the molecule is Cc1c(I)cc(S(=O)[O-])cc1I. The zero-order valence-electron chi connectivity index (χ0n) is 6.14. The molecule has 0 saturated carbocycles. The van der Waals surface area contributed by atoms with Crippen LogP contribution >= 0.6 is 45.2 Å². The molecule has 0 spiro atoms. The molecule has 1 rings (SSSR count). The summed E-state index contributed by atoms with van der Waals surface area (Å²) in [5.41, 5.74) is 1.13. The zero-order chi connectivity index (χ0) is 9.30. The molecule has 0 aromatic heterocycles. The highest BCUT2D eigenvalue weighted by molar-refractivity contribution is 14.1. The van der Waals surface area contributed by atoms with Crippen molar-refractivity contribution in [3.05, 3.63) is 24.8 Å². The van der Waals surface area contributed by atoms with Gasteiger partial charge in [-0.1, -0.05) is 0 Å². The van der Waals surface area contributed by atoms with Crippen molar-refractivity contribution < 1.29 is 8.76 Å². The first-order valence-electron chi connectivity index (χ1n) is 3.07. The molecule has 0 N–H and O–H groups in total. The van der Waals surface area contributed by atoms with E-state index in [-0.39, 0.29) is 0 Å². The van der Waals surface area contributed by atoms with Crippen LogP contribution in [0.2, 0.25) is 0 Å². The van der Waals surface area contributed by atoms with E-state index in [1.54, 1.807) is 12.1 Å². The third kappa shape index (κ3) is 2.39. The van der Waals surface area contributed by atoms with Crippen LogP contribution in [0.4, 0.5) is 0 Å². The Bertz CT molecular complexity index is 315. The fourth-order valence-corrected chi connectivity index (χ4v) is 3.34. The maximum atomic E-state index is 10.6. The van der Waals surface area contributed by atoms with Crippen LogP contribution in [0.1, 0.15) is 5.56 Å². The number of halogens is 2. The van der Waals surface area contributed by atoms with Gasteiger partial charge in [0.25, 0.3) is 0 Å². The molecule has 1 aromatic rings. The maximum Gasteiger partial charge on any atom is 0.0269 e. The van der Waals surface area contributed by atoms with E-state index in [2.05, 4.69) is 45.2 Å². The van der Waals surface area contributed by atoms with Gasteiger partial charge < -0.3 is 4.55 Å². The molecular weight excluding hydrogens is 402 g/mol. The summed E-state index contributed by atoms with van der Waals surface area (Å²) < 4.78 is 23.2. The monoisotopic (exact) mass is 407 g/mol. The van der Waals surface area contributed by atoms with E-state index in [1.165, 1.54) is 0 Å². The van der Waals surface area contributed by atoms with Gasteiger partial charge in [0.05, 0.1) is 0 Å². The number of benzene rings is 1. The third-order valence-electron chi connectivity index (χ3n) is 1.45. The lowest BCUT2D eigenvalue weighted by atomic mass is 10.2. The van der Waals surface area contributed by atoms with Crippen molar-refractivity contribution in [2.45, 2.75) is 11.8 Å². The molecule has 1 unspecified atom stereocenters. The lowest BCUT2D eigenvalue weighted by Crippen LogP contribution is -1.93. The first kappa shape index (κ1) is 10.9. The van der Waals surface area contributed by atoms with Crippen molar-refractivity contribution in [2.24, 2.45) is 0 Å². The lowest BCUT2D eigenvalue weighted by Gasteiger charge is -2.08. The van der Waals surface area contributed by atoms with Gasteiger partial charge in [-0.3, -0.25) is 4.21 Å². The van der Waals surface area contributed by atoms with Gasteiger partial charge in [-0.05, 0) is 80.9 Å². The van der Waals surface area contributed by atoms with Gasteiger partial charge in [-0.15, -0.1) is 0 Å². The Morgan fingerprint density at radius 3 is 2.08 bits per heavy atom. The second-order valence-corrected chi connectivity index (χ2v) is 5.51. The topological polar surface area (TPSA) is 40.1 Å². The highest BCUT2D eigenvalue weighted by Crippen LogP contribution is 2.21. The van der Waals surface area contributed by atoms with E-state index in [0.29, 0.717) is 4.90 Å². The van der Waals surface area contributed by atoms with Gasteiger partial charge in [0.1, 0.15) is 0 Å². The molecule has 12 heavy (non-hydrogen) atoms. The Labute approximate surface area is 101 Å². The summed E-state index contributed by atoms with van der Waals surface area (Å²) in [7, 11) is 0. The van der Waals surface area contributed by atoms with Crippen LogP contribution < -0.4 is 0 Å². The van der Waals surface area contributed by atoms with Gasteiger partial charge in [0.15, 0.2) is 0 Å². The van der Waals surface area contributed by atoms with E-state index in [9.17, 15) is 8.76 Å².